The number of thiazole rings is 1. The van der Waals surface area contributed by atoms with Gasteiger partial charge in [-0.25, -0.2) is 4.79 Å². The van der Waals surface area contributed by atoms with Crippen LogP contribution in [0.3, 0.4) is 0 Å². The second-order valence-corrected chi connectivity index (χ2v) is 10.3. The lowest BCUT2D eigenvalue weighted by Gasteiger charge is -2.12. The molecule has 1 atom stereocenters. The van der Waals surface area contributed by atoms with Crippen LogP contribution >= 0.6 is 11.3 Å². The molecule has 1 fully saturated rings. The van der Waals surface area contributed by atoms with Crippen LogP contribution in [-0.2, 0) is 16.0 Å². The molecule has 1 aromatic rings. The van der Waals surface area contributed by atoms with Crippen molar-refractivity contribution in [2.45, 2.75) is 122 Å². The first-order chi connectivity index (χ1) is 16.3. The van der Waals surface area contributed by atoms with E-state index in [4.69, 9.17) is 9.47 Å². The van der Waals surface area contributed by atoms with E-state index in [1.54, 1.807) is 11.3 Å². The van der Waals surface area contributed by atoms with Gasteiger partial charge in [-0.05, 0) is 12.8 Å². The maximum atomic E-state index is 12.0. The van der Waals surface area contributed by atoms with E-state index in [1.165, 1.54) is 83.5 Å². The van der Waals surface area contributed by atoms with Gasteiger partial charge in [0.1, 0.15) is 12.6 Å². The van der Waals surface area contributed by atoms with E-state index in [2.05, 4.69) is 28.6 Å². The first-order valence-corrected chi connectivity index (χ1v) is 14.7. The van der Waals surface area contributed by atoms with Gasteiger partial charge in [-0.15, -0.1) is 0 Å². The number of hydrogen-bond donors (Lipinski definition) is 0. The minimum Gasteiger partial charge on any atom is -0.442 e. The zero-order chi connectivity index (χ0) is 23.4. The van der Waals surface area contributed by atoms with E-state index < -0.39 is 0 Å². The molecule has 1 aliphatic heterocycles. The molecule has 2 heterocycles. The smallest absolute Gasteiger partial charge is 0.410 e. The number of aromatic nitrogens is 1. The highest BCUT2D eigenvalue weighted by Gasteiger charge is 2.30. The van der Waals surface area contributed by atoms with Crippen LogP contribution in [0.15, 0.2) is 17.1 Å². The largest absolute Gasteiger partial charge is 0.442 e. The highest BCUT2D eigenvalue weighted by Crippen LogP contribution is 2.14. The number of nitrogens with zero attached hydrogens (tertiary/aromatic N) is 2. The van der Waals surface area contributed by atoms with Crippen molar-refractivity contribution < 1.29 is 18.8 Å². The van der Waals surface area contributed by atoms with Crippen molar-refractivity contribution >= 4 is 17.4 Å². The molecular formula is C27H49N2O3S+. The van der Waals surface area contributed by atoms with Crippen molar-refractivity contribution in [3.05, 3.63) is 17.1 Å². The van der Waals surface area contributed by atoms with Gasteiger partial charge >= 0.3 is 6.09 Å². The van der Waals surface area contributed by atoms with Crippen molar-refractivity contribution in [3.63, 3.8) is 0 Å². The second kappa shape index (κ2) is 19.2. The number of ether oxygens (including phenoxy) is 2. The van der Waals surface area contributed by atoms with E-state index in [1.807, 2.05) is 4.90 Å². The van der Waals surface area contributed by atoms with Crippen molar-refractivity contribution in [1.29, 1.82) is 0 Å². The Morgan fingerprint density at radius 2 is 1.58 bits per heavy atom. The van der Waals surface area contributed by atoms with Gasteiger partial charge in [-0.2, -0.15) is 4.57 Å². The third-order valence-electron chi connectivity index (χ3n) is 6.52. The SMILES string of the molecule is CCCCCCCCCCCCCCCCOC[C@@H]1CN(CCCC[n+]2ccsc2)C(=O)O1. The van der Waals surface area contributed by atoms with E-state index in [0.29, 0.717) is 13.2 Å². The molecule has 0 bridgehead atoms. The lowest BCUT2D eigenvalue weighted by atomic mass is 10.0. The number of rotatable bonds is 22. The number of carbonyl (C=O) groups is 1. The summed E-state index contributed by atoms with van der Waals surface area (Å²) in [5.41, 5.74) is 2.12. The minimum atomic E-state index is -0.178. The van der Waals surface area contributed by atoms with Gasteiger partial charge in [0, 0.05) is 19.6 Å². The molecule has 1 aliphatic rings. The Kier molecular flexibility index (Phi) is 16.3. The van der Waals surface area contributed by atoms with Gasteiger partial charge in [-0.3, -0.25) is 0 Å². The minimum absolute atomic E-state index is 0.101. The number of aryl methyl sites for hydroxylation is 1. The van der Waals surface area contributed by atoms with Crippen LogP contribution in [0.25, 0.3) is 0 Å². The normalized spacial score (nSPS) is 16.0. The standard InChI is InChI=1S/C27H49N2O3S/c1-2-3-4-5-6-7-8-9-10-11-12-13-14-17-21-31-24-26-23-29(27(30)32-26)19-16-15-18-28-20-22-33-25-28/h20,22,25-26H,2-19,21,23-24H2,1H3/q+1/t26-/m0/s1. The summed E-state index contributed by atoms with van der Waals surface area (Å²) in [5.74, 6) is 0. The average Bonchev–Trinajstić information content (AvgIpc) is 3.46. The Morgan fingerprint density at radius 1 is 0.939 bits per heavy atom. The van der Waals surface area contributed by atoms with Gasteiger partial charge < -0.3 is 14.4 Å². The molecule has 0 unspecified atom stereocenters. The van der Waals surface area contributed by atoms with Gasteiger partial charge in [0.25, 0.3) is 0 Å². The van der Waals surface area contributed by atoms with Crippen molar-refractivity contribution in [1.82, 2.24) is 4.90 Å². The summed E-state index contributed by atoms with van der Waals surface area (Å²) in [4.78, 5) is 13.9. The lowest BCUT2D eigenvalue weighted by Crippen LogP contribution is -2.31. The summed E-state index contributed by atoms with van der Waals surface area (Å²) < 4.78 is 13.4. The Hall–Kier alpha value is -1.14. The van der Waals surface area contributed by atoms with Crippen molar-refractivity contribution in [3.8, 4) is 0 Å². The Morgan fingerprint density at radius 3 is 2.18 bits per heavy atom. The van der Waals surface area contributed by atoms with Gasteiger partial charge in [0.15, 0.2) is 6.20 Å². The molecule has 0 aliphatic carbocycles. The van der Waals surface area contributed by atoms with Crippen molar-refractivity contribution in [2.24, 2.45) is 0 Å². The van der Waals surface area contributed by atoms with E-state index >= 15 is 0 Å². The zero-order valence-corrected chi connectivity index (χ0v) is 22.0. The lowest BCUT2D eigenvalue weighted by molar-refractivity contribution is -0.692. The fraction of sp³-hybridized carbons (Fsp3) is 0.852. The molecule has 0 aromatic carbocycles. The first kappa shape index (κ1) is 28.1. The number of cyclic esters (lactones) is 1. The Balaban J connectivity index is 1.31. The summed E-state index contributed by atoms with van der Waals surface area (Å²) in [6.07, 6.45) is 23.1. The summed E-state index contributed by atoms with van der Waals surface area (Å²) in [6.45, 7) is 6.06. The summed E-state index contributed by atoms with van der Waals surface area (Å²) in [5, 5.41) is 2.08. The number of amides is 1. The quantitative estimate of drug-likeness (QED) is 0.131. The maximum absolute atomic E-state index is 12.0. The molecule has 2 rings (SSSR count). The summed E-state index contributed by atoms with van der Waals surface area (Å²) in [7, 11) is 0. The van der Waals surface area contributed by atoms with Gasteiger partial charge in [0.05, 0.1) is 18.5 Å². The van der Waals surface area contributed by atoms with Gasteiger partial charge in [0.2, 0.25) is 5.51 Å². The molecular weight excluding hydrogens is 432 g/mol. The topological polar surface area (TPSA) is 42.7 Å². The summed E-state index contributed by atoms with van der Waals surface area (Å²) >= 11 is 1.71. The Labute approximate surface area is 206 Å². The fourth-order valence-corrected chi connectivity index (χ4v) is 5.07. The predicted molar refractivity (Wildman–Crippen MR) is 137 cm³/mol. The number of carbonyl (C=O) groups excluding carboxylic acids is 1. The summed E-state index contributed by atoms with van der Waals surface area (Å²) in [6, 6.07) is 0. The number of unbranched alkanes of at least 4 members (excludes halogenated alkanes) is 14. The van der Waals surface area contributed by atoms with Crippen LogP contribution in [0.2, 0.25) is 0 Å². The van der Waals surface area contributed by atoms with Crippen LogP contribution in [0.4, 0.5) is 4.79 Å². The molecule has 1 amide bonds. The molecule has 1 saturated heterocycles. The molecule has 1 aromatic heterocycles. The van der Waals surface area contributed by atoms with E-state index in [-0.39, 0.29) is 12.2 Å². The molecule has 0 radical (unpaired) electrons. The van der Waals surface area contributed by atoms with E-state index in [0.717, 1.165) is 39.0 Å². The molecule has 33 heavy (non-hydrogen) atoms. The van der Waals surface area contributed by atoms with Crippen LogP contribution in [0.5, 0.6) is 0 Å². The van der Waals surface area contributed by atoms with Crippen LogP contribution in [0.1, 0.15) is 110 Å². The highest BCUT2D eigenvalue weighted by molar-refractivity contribution is 7.07. The molecule has 190 valence electrons. The van der Waals surface area contributed by atoms with Crippen LogP contribution in [0, 0.1) is 0 Å². The third kappa shape index (κ3) is 14.0. The third-order valence-corrected chi connectivity index (χ3v) is 7.19. The first-order valence-electron chi connectivity index (χ1n) is 13.7. The average molecular weight is 482 g/mol. The Bertz CT molecular complexity index is 582. The molecule has 0 N–H and O–H groups in total. The highest BCUT2D eigenvalue weighted by atomic mass is 32.1. The molecule has 5 nitrogen and oxygen atoms in total. The maximum Gasteiger partial charge on any atom is 0.410 e. The monoisotopic (exact) mass is 481 g/mol. The van der Waals surface area contributed by atoms with Crippen LogP contribution < -0.4 is 4.57 Å². The van der Waals surface area contributed by atoms with Gasteiger partial charge in [-0.1, -0.05) is 102 Å². The van der Waals surface area contributed by atoms with Crippen LogP contribution in [-0.4, -0.2) is 43.4 Å². The zero-order valence-electron chi connectivity index (χ0n) is 21.2. The number of hydrogen-bond acceptors (Lipinski definition) is 4. The van der Waals surface area contributed by atoms with Crippen molar-refractivity contribution in [2.75, 3.05) is 26.3 Å². The second-order valence-electron chi connectivity index (χ2n) is 9.59. The molecule has 0 spiro atoms. The van der Waals surface area contributed by atoms with E-state index in [9.17, 15) is 4.79 Å². The molecule has 0 saturated carbocycles. The predicted octanol–water partition coefficient (Wildman–Crippen LogP) is 7.13. The molecule has 6 heteroatoms. The fourth-order valence-electron chi connectivity index (χ4n) is 4.44.